The second kappa shape index (κ2) is 9.39. The third kappa shape index (κ3) is 6.25. The molecule has 0 N–H and O–H groups in total. The number of benzene rings is 1. The van der Waals surface area contributed by atoms with E-state index in [2.05, 4.69) is 6.58 Å². The summed E-state index contributed by atoms with van der Waals surface area (Å²) in [6, 6.07) is 9.95. The second-order valence-electron chi connectivity index (χ2n) is 3.99. The summed E-state index contributed by atoms with van der Waals surface area (Å²) in [6.45, 7) is 3.39. The molecule has 0 saturated heterocycles. The molecular weight excluding hydrogens is 260 g/mol. The minimum absolute atomic E-state index is 0.252. The monoisotopic (exact) mass is 278 g/mol. The van der Waals surface area contributed by atoms with Crippen LogP contribution < -0.4 is 0 Å². The third-order valence-corrected chi connectivity index (χ3v) is 3.88. The Balaban J connectivity index is 2.50. The molecule has 0 aliphatic rings. The minimum Gasteiger partial charge on any atom is -0.434 e. The van der Waals surface area contributed by atoms with Gasteiger partial charge in [-0.05, 0) is 18.4 Å². The average Bonchev–Trinajstić information content (AvgIpc) is 2.44. The highest BCUT2D eigenvalue weighted by atomic mass is 32.2. The fourth-order valence-corrected chi connectivity index (χ4v) is 2.70. The van der Waals surface area contributed by atoms with Gasteiger partial charge in [-0.1, -0.05) is 36.9 Å². The van der Waals surface area contributed by atoms with Gasteiger partial charge in [-0.25, -0.2) is 0 Å². The molecule has 1 atom stereocenters. The SMILES string of the molecule is C=COC(=O)C(CCCC=O)SCc1ccccc1. The van der Waals surface area contributed by atoms with Gasteiger partial charge in [0.15, 0.2) is 0 Å². The molecule has 0 saturated carbocycles. The molecule has 1 aromatic carbocycles. The zero-order valence-corrected chi connectivity index (χ0v) is 11.6. The second-order valence-corrected chi connectivity index (χ2v) is 5.18. The van der Waals surface area contributed by atoms with Crippen LogP contribution in [-0.4, -0.2) is 17.5 Å². The number of carbonyl (C=O) groups excluding carboxylic acids is 2. The van der Waals surface area contributed by atoms with E-state index < -0.39 is 0 Å². The highest BCUT2D eigenvalue weighted by Crippen LogP contribution is 2.23. The van der Waals surface area contributed by atoms with Gasteiger partial charge in [0.05, 0.1) is 6.26 Å². The van der Waals surface area contributed by atoms with Gasteiger partial charge >= 0.3 is 5.97 Å². The van der Waals surface area contributed by atoms with Crippen LogP contribution >= 0.6 is 11.8 Å². The number of hydrogen-bond donors (Lipinski definition) is 0. The Morgan fingerprint density at radius 1 is 1.37 bits per heavy atom. The Kier molecular flexibility index (Phi) is 7.66. The summed E-state index contributed by atoms with van der Waals surface area (Å²) in [4.78, 5) is 22.1. The first-order valence-electron chi connectivity index (χ1n) is 6.18. The van der Waals surface area contributed by atoms with Crippen LogP contribution in [0.15, 0.2) is 43.2 Å². The molecule has 0 aliphatic carbocycles. The number of carbonyl (C=O) groups is 2. The fourth-order valence-electron chi connectivity index (χ4n) is 1.58. The van der Waals surface area contributed by atoms with Crippen LogP contribution in [0.25, 0.3) is 0 Å². The number of unbranched alkanes of at least 4 members (excludes halogenated alkanes) is 1. The Hall–Kier alpha value is -1.55. The van der Waals surface area contributed by atoms with Gasteiger partial charge in [-0.15, -0.1) is 11.8 Å². The normalized spacial score (nSPS) is 11.6. The molecular formula is C15H18O3S. The zero-order valence-electron chi connectivity index (χ0n) is 10.8. The van der Waals surface area contributed by atoms with E-state index in [1.165, 1.54) is 17.3 Å². The molecule has 0 bridgehead atoms. The molecule has 3 nitrogen and oxygen atoms in total. The Labute approximate surface area is 118 Å². The maximum absolute atomic E-state index is 11.8. The number of thioether (sulfide) groups is 1. The third-order valence-electron chi connectivity index (χ3n) is 2.54. The fraction of sp³-hybridized carbons (Fsp3) is 0.333. The Bertz CT molecular complexity index is 403. The van der Waals surface area contributed by atoms with Crippen molar-refractivity contribution in [1.29, 1.82) is 0 Å². The lowest BCUT2D eigenvalue weighted by molar-refractivity contribution is -0.137. The van der Waals surface area contributed by atoms with Gasteiger partial charge in [-0.2, -0.15) is 0 Å². The molecule has 0 aliphatic heterocycles. The lowest BCUT2D eigenvalue weighted by atomic mass is 10.2. The molecule has 1 rings (SSSR count). The number of hydrogen-bond acceptors (Lipinski definition) is 4. The van der Waals surface area contributed by atoms with Crippen LogP contribution in [0.5, 0.6) is 0 Å². The number of aldehydes is 1. The molecule has 4 heteroatoms. The standard InChI is InChI=1S/C15H18O3S/c1-2-18-15(17)14(10-6-7-11-16)19-12-13-8-4-3-5-9-13/h2-5,8-9,11,14H,1,6-7,10,12H2. The maximum atomic E-state index is 11.8. The maximum Gasteiger partial charge on any atom is 0.323 e. The summed E-state index contributed by atoms with van der Waals surface area (Å²) in [5.41, 5.74) is 1.17. The molecule has 0 aromatic heterocycles. The van der Waals surface area contributed by atoms with Crippen LogP contribution in [0.1, 0.15) is 24.8 Å². The lowest BCUT2D eigenvalue weighted by Crippen LogP contribution is -2.18. The molecule has 1 unspecified atom stereocenters. The van der Waals surface area contributed by atoms with Gasteiger partial charge in [-0.3, -0.25) is 4.79 Å². The van der Waals surface area contributed by atoms with Crippen LogP contribution in [0.2, 0.25) is 0 Å². The molecule has 0 amide bonds. The van der Waals surface area contributed by atoms with Crippen molar-refractivity contribution in [1.82, 2.24) is 0 Å². The van der Waals surface area contributed by atoms with Crippen molar-refractivity contribution in [3.63, 3.8) is 0 Å². The van der Waals surface area contributed by atoms with E-state index in [0.29, 0.717) is 19.3 Å². The number of rotatable bonds is 9. The van der Waals surface area contributed by atoms with E-state index in [1.54, 1.807) is 0 Å². The van der Waals surface area contributed by atoms with Crippen molar-refractivity contribution in [2.45, 2.75) is 30.3 Å². The highest BCUT2D eigenvalue weighted by Gasteiger charge is 2.19. The van der Waals surface area contributed by atoms with Crippen molar-refractivity contribution < 1.29 is 14.3 Å². The van der Waals surface area contributed by atoms with E-state index in [4.69, 9.17) is 4.74 Å². The molecule has 19 heavy (non-hydrogen) atoms. The van der Waals surface area contributed by atoms with Gasteiger partial charge in [0.25, 0.3) is 0 Å². The van der Waals surface area contributed by atoms with Crippen molar-refractivity contribution in [3.8, 4) is 0 Å². The van der Waals surface area contributed by atoms with E-state index in [-0.39, 0.29) is 11.2 Å². The Morgan fingerprint density at radius 3 is 2.74 bits per heavy atom. The van der Waals surface area contributed by atoms with Crippen molar-refractivity contribution in [2.24, 2.45) is 0 Å². The molecule has 0 fully saturated rings. The zero-order chi connectivity index (χ0) is 13.9. The summed E-state index contributed by atoms with van der Waals surface area (Å²) in [7, 11) is 0. The minimum atomic E-state index is -0.290. The van der Waals surface area contributed by atoms with E-state index in [0.717, 1.165) is 18.3 Å². The van der Waals surface area contributed by atoms with E-state index >= 15 is 0 Å². The van der Waals surface area contributed by atoms with Crippen LogP contribution in [-0.2, 0) is 20.1 Å². The van der Waals surface area contributed by atoms with Crippen molar-refractivity contribution >= 4 is 24.0 Å². The lowest BCUT2D eigenvalue weighted by Gasteiger charge is -2.13. The summed E-state index contributed by atoms with van der Waals surface area (Å²) in [5.74, 6) is 0.459. The van der Waals surface area contributed by atoms with Crippen molar-refractivity contribution in [3.05, 3.63) is 48.7 Å². The molecule has 0 spiro atoms. The largest absolute Gasteiger partial charge is 0.434 e. The van der Waals surface area contributed by atoms with E-state index in [1.807, 2.05) is 30.3 Å². The predicted octanol–water partition coefficient (Wildman–Crippen LogP) is 3.34. The first-order valence-corrected chi connectivity index (χ1v) is 7.23. The first-order chi connectivity index (χ1) is 9.27. The number of esters is 1. The van der Waals surface area contributed by atoms with Crippen LogP contribution in [0.4, 0.5) is 0 Å². The van der Waals surface area contributed by atoms with Gasteiger partial charge in [0.1, 0.15) is 11.5 Å². The molecule has 102 valence electrons. The molecule has 0 heterocycles. The average molecular weight is 278 g/mol. The van der Waals surface area contributed by atoms with Crippen LogP contribution in [0, 0.1) is 0 Å². The predicted molar refractivity (Wildman–Crippen MR) is 77.7 cm³/mol. The van der Waals surface area contributed by atoms with Gasteiger partial charge in [0, 0.05) is 12.2 Å². The summed E-state index contributed by atoms with van der Waals surface area (Å²) >= 11 is 1.53. The van der Waals surface area contributed by atoms with Gasteiger partial charge < -0.3 is 9.53 Å². The van der Waals surface area contributed by atoms with Gasteiger partial charge in [0.2, 0.25) is 0 Å². The number of ether oxygens (including phenoxy) is 1. The quantitative estimate of drug-likeness (QED) is 0.301. The van der Waals surface area contributed by atoms with E-state index in [9.17, 15) is 9.59 Å². The molecule has 0 radical (unpaired) electrons. The van der Waals surface area contributed by atoms with Crippen molar-refractivity contribution in [2.75, 3.05) is 0 Å². The topological polar surface area (TPSA) is 43.4 Å². The van der Waals surface area contributed by atoms with Crippen LogP contribution in [0.3, 0.4) is 0 Å². The Morgan fingerprint density at radius 2 is 2.11 bits per heavy atom. The summed E-state index contributed by atoms with van der Waals surface area (Å²) in [5, 5.41) is -0.252. The first kappa shape index (κ1) is 15.5. The summed E-state index contributed by atoms with van der Waals surface area (Å²) < 4.78 is 4.84. The smallest absolute Gasteiger partial charge is 0.323 e. The molecule has 1 aromatic rings. The highest BCUT2D eigenvalue weighted by molar-refractivity contribution is 7.99. The summed E-state index contributed by atoms with van der Waals surface area (Å²) in [6.07, 6.45) is 3.84.